The molecule has 1 aromatic carbocycles. The molecule has 0 atom stereocenters. The number of sulfonamides is 1. The van der Waals surface area contributed by atoms with Gasteiger partial charge < -0.3 is 0 Å². The van der Waals surface area contributed by atoms with Crippen LogP contribution in [0.4, 0.5) is 8.78 Å². The second-order valence-electron chi connectivity index (χ2n) is 4.47. The van der Waals surface area contributed by atoms with E-state index in [0.717, 1.165) is 17.8 Å². The molecule has 0 unspecified atom stereocenters. The van der Waals surface area contributed by atoms with Crippen LogP contribution in [-0.2, 0) is 23.1 Å². The lowest BCUT2D eigenvalue weighted by atomic mass is 10.3. The van der Waals surface area contributed by atoms with Gasteiger partial charge in [0.25, 0.3) is 0 Å². The Labute approximate surface area is 121 Å². The highest BCUT2D eigenvalue weighted by Gasteiger charge is 2.20. The Morgan fingerprint density at radius 3 is 2.67 bits per heavy atom. The molecule has 0 saturated heterocycles. The molecule has 0 saturated carbocycles. The second kappa shape index (κ2) is 5.90. The second-order valence-corrected chi connectivity index (χ2v) is 6.21. The van der Waals surface area contributed by atoms with E-state index in [0.29, 0.717) is 18.2 Å². The molecule has 5 nitrogen and oxygen atoms in total. The average Bonchev–Trinajstić information content (AvgIpc) is 2.79. The predicted molar refractivity (Wildman–Crippen MR) is 73.0 cm³/mol. The minimum atomic E-state index is -4.13. The molecule has 1 heterocycles. The first-order valence-electron chi connectivity index (χ1n) is 6.31. The molecule has 0 spiro atoms. The minimum absolute atomic E-state index is 0.0376. The summed E-state index contributed by atoms with van der Waals surface area (Å²) < 4.78 is 54.6. The molecular formula is C13H15F2N3O2S. The number of aryl methyl sites for hydroxylation is 1. The van der Waals surface area contributed by atoms with Crippen molar-refractivity contribution in [2.24, 2.45) is 0 Å². The predicted octanol–water partition coefficient (Wildman–Crippen LogP) is 1.97. The van der Waals surface area contributed by atoms with Crippen molar-refractivity contribution >= 4 is 10.0 Å². The van der Waals surface area contributed by atoms with E-state index in [1.54, 1.807) is 10.9 Å². The third-order valence-corrected chi connectivity index (χ3v) is 4.56. The van der Waals surface area contributed by atoms with Crippen LogP contribution in [0.5, 0.6) is 0 Å². The van der Waals surface area contributed by atoms with E-state index < -0.39 is 26.6 Å². The highest BCUT2D eigenvalue weighted by molar-refractivity contribution is 7.89. The van der Waals surface area contributed by atoms with Gasteiger partial charge in [0.05, 0.1) is 6.20 Å². The average molecular weight is 315 g/mol. The number of hydrogen-bond donors (Lipinski definition) is 1. The number of rotatable bonds is 5. The molecular weight excluding hydrogens is 300 g/mol. The third-order valence-electron chi connectivity index (χ3n) is 3.14. The van der Waals surface area contributed by atoms with Crippen LogP contribution in [0, 0.1) is 18.6 Å². The molecule has 21 heavy (non-hydrogen) atoms. The number of nitrogens with one attached hydrogen (secondary N) is 1. The van der Waals surface area contributed by atoms with Gasteiger partial charge in [-0.05, 0) is 32.0 Å². The first kappa shape index (κ1) is 15.6. The molecule has 1 N–H and O–H groups in total. The van der Waals surface area contributed by atoms with E-state index in [1.807, 2.05) is 13.8 Å². The van der Waals surface area contributed by atoms with Crippen molar-refractivity contribution in [3.63, 3.8) is 0 Å². The van der Waals surface area contributed by atoms with Crippen molar-refractivity contribution < 1.29 is 17.2 Å². The normalized spacial score (nSPS) is 11.8. The van der Waals surface area contributed by atoms with E-state index in [-0.39, 0.29) is 6.54 Å². The molecule has 0 radical (unpaired) electrons. The molecule has 0 aliphatic heterocycles. The maximum Gasteiger partial charge on any atom is 0.243 e. The molecule has 0 bridgehead atoms. The number of hydrogen-bond acceptors (Lipinski definition) is 3. The van der Waals surface area contributed by atoms with Gasteiger partial charge >= 0.3 is 0 Å². The molecule has 0 fully saturated rings. The lowest BCUT2D eigenvalue weighted by Gasteiger charge is -2.08. The van der Waals surface area contributed by atoms with Gasteiger partial charge in [0.2, 0.25) is 10.0 Å². The van der Waals surface area contributed by atoms with E-state index >= 15 is 0 Å². The monoisotopic (exact) mass is 315 g/mol. The highest BCUT2D eigenvalue weighted by Crippen LogP contribution is 2.16. The van der Waals surface area contributed by atoms with Crippen molar-refractivity contribution in [1.82, 2.24) is 14.5 Å². The summed E-state index contributed by atoms with van der Waals surface area (Å²) in [7, 11) is -4.13. The number of nitrogens with zero attached hydrogens (tertiary/aromatic N) is 2. The van der Waals surface area contributed by atoms with Gasteiger partial charge in [-0.2, -0.15) is 5.10 Å². The van der Waals surface area contributed by atoms with E-state index in [1.165, 1.54) is 0 Å². The van der Waals surface area contributed by atoms with Gasteiger partial charge in [-0.3, -0.25) is 4.68 Å². The van der Waals surface area contributed by atoms with Gasteiger partial charge in [-0.1, -0.05) is 0 Å². The van der Waals surface area contributed by atoms with Gasteiger partial charge in [-0.15, -0.1) is 0 Å². The summed E-state index contributed by atoms with van der Waals surface area (Å²) >= 11 is 0. The minimum Gasteiger partial charge on any atom is -0.270 e. The van der Waals surface area contributed by atoms with Crippen molar-refractivity contribution in [2.75, 3.05) is 0 Å². The standard InChI is InChI=1S/C13H15F2N3O2S/c1-3-18-9(2)10(7-16-18)8-17-21(19,20)13-6-11(14)4-5-12(13)15/h4-7,17H,3,8H2,1-2H3. The molecule has 0 aliphatic rings. The van der Waals surface area contributed by atoms with Crippen molar-refractivity contribution in [3.05, 3.63) is 47.3 Å². The van der Waals surface area contributed by atoms with Crippen LogP contribution < -0.4 is 4.72 Å². The fourth-order valence-electron chi connectivity index (χ4n) is 1.91. The SMILES string of the molecule is CCn1ncc(CNS(=O)(=O)c2cc(F)ccc2F)c1C. The molecule has 0 aliphatic carbocycles. The quantitative estimate of drug-likeness (QED) is 0.917. The van der Waals surface area contributed by atoms with Crippen LogP contribution in [0.3, 0.4) is 0 Å². The number of halogens is 2. The number of benzene rings is 1. The van der Waals surface area contributed by atoms with Crippen molar-refractivity contribution in [2.45, 2.75) is 31.8 Å². The van der Waals surface area contributed by atoms with Crippen LogP contribution in [0.1, 0.15) is 18.2 Å². The first-order valence-corrected chi connectivity index (χ1v) is 7.79. The molecule has 2 aromatic rings. The Hall–Kier alpha value is -1.80. The Balaban J connectivity index is 2.22. The molecule has 1 aromatic heterocycles. The van der Waals surface area contributed by atoms with Crippen LogP contribution >= 0.6 is 0 Å². The van der Waals surface area contributed by atoms with Crippen LogP contribution in [0.15, 0.2) is 29.3 Å². The Morgan fingerprint density at radius 2 is 2.05 bits per heavy atom. The molecule has 0 amide bonds. The Kier molecular flexibility index (Phi) is 4.38. The van der Waals surface area contributed by atoms with Gasteiger partial charge in [0.15, 0.2) is 0 Å². The van der Waals surface area contributed by atoms with Crippen LogP contribution in [0.25, 0.3) is 0 Å². The smallest absolute Gasteiger partial charge is 0.243 e. The first-order chi connectivity index (χ1) is 9.85. The van der Waals surface area contributed by atoms with E-state index in [4.69, 9.17) is 0 Å². The number of aromatic nitrogens is 2. The van der Waals surface area contributed by atoms with E-state index in [9.17, 15) is 17.2 Å². The zero-order chi connectivity index (χ0) is 15.6. The van der Waals surface area contributed by atoms with Crippen LogP contribution in [-0.4, -0.2) is 18.2 Å². The summed E-state index contributed by atoms with van der Waals surface area (Å²) in [6, 6.07) is 2.30. The summed E-state index contributed by atoms with van der Waals surface area (Å²) in [5, 5.41) is 4.09. The van der Waals surface area contributed by atoms with Crippen molar-refractivity contribution in [1.29, 1.82) is 0 Å². The fraction of sp³-hybridized carbons (Fsp3) is 0.308. The summed E-state index contributed by atoms with van der Waals surface area (Å²) in [6.07, 6.45) is 1.54. The van der Waals surface area contributed by atoms with Crippen molar-refractivity contribution in [3.8, 4) is 0 Å². The topological polar surface area (TPSA) is 64.0 Å². The summed E-state index contributed by atoms with van der Waals surface area (Å²) in [4.78, 5) is -0.706. The Bertz CT molecular complexity index is 757. The maximum absolute atomic E-state index is 13.5. The summed E-state index contributed by atoms with van der Waals surface area (Å²) in [5.74, 6) is -1.81. The fourth-order valence-corrected chi connectivity index (χ4v) is 3.00. The van der Waals surface area contributed by atoms with Gasteiger partial charge in [0, 0.05) is 24.3 Å². The van der Waals surface area contributed by atoms with Gasteiger partial charge in [0.1, 0.15) is 16.5 Å². The lowest BCUT2D eigenvalue weighted by molar-refractivity contribution is 0.545. The highest BCUT2D eigenvalue weighted by atomic mass is 32.2. The molecule has 114 valence electrons. The van der Waals surface area contributed by atoms with Crippen LogP contribution in [0.2, 0.25) is 0 Å². The maximum atomic E-state index is 13.5. The summed E-state index contributed by atoms with van der Waals surface area (Å²) in [5.41, 5.74) is 1.50. The van der Waals surface area contributed by atoms with E-state index in [2.05, 4.69) is 9.82 Å². The zero-order valence-corrected chi connectivity index (χ0v) is 12.4. The Morgan fingerprint density at radius 1 is 1.33 bits per heavy atom. The van der Waals surface area contributed by atoms with Gasteiger partial charge in [-0.25, -0.2) is 21.9 Å². The third kappa shape index (κ3) is 3.27. The molecule has 8 heteroatoms. The molecule has 2 rings (SSSR count). The largest absolute Gasteiger partial charge is 0.270 e. The zero-order valence-electron chi connectivity index (χ0n) is 11.6. The summed E-state index contributed by atoms with van der Waals surface area (Å²) in [6.45, 7) is 4.35. The lowest BCUT2D eigenvalue weighted by Crippen LogP contribution is -2.24.